The highest BCUT2D eigenvalue weighted by atomic mass is 16.8. The molecule has 0 aliphatic carbocycles. The summed E-state index contributed by atoms with van der Waals surface area (Å²) >= 11 is 0. The Labute approximate surface area is 187 Å². The molecule has 15 heteroatoms. The molecule has 33 heavy (non-hydrogen) atoms. The number of rotatable bonds is 6. The summed E-state index contributed by atoms with van der Waals surface area (Å²) in [6, 6.07) is 0. The van der Waals surface area contributed by atoms with Crippen molar-refractivity contribution in [3.63, 3.8) is 0 Å². The standard InChI is InChI=1S/C18H32O15/c1-4-7(21)9(23)13(27)17(29-4)33-15-10(24)8(22)5(2-19)31-18(15)32-14-6(3-20)30-16(28)12(26)11(14)25/h4-28H,2-3H2,1H3/t4?,5?,6?,7-,8+,9?,10+,11-,12?,13+,14-,15?,16-,17+,18+/m1/s1. The Kier molecular flexibility index (Phi) is 8.99. The van der Waals surface area contributed by atoms with Gasteiger partial charge in [-0.25, -0.2) is 0 Å². The molecular weight excluding hydrogens is 456 g/mol. The lowest BCUT2D eigenvalue weighted by Crippen LogP contribution is -2.66. The highest BCUT2D eigenvalue weighted by molar-refractivity contribution is 4.95. The van der Waals surface area contributed by atoms with E-state index in [0.29, 0.717) is 0 Å². The smallest absolute Gasteiger partial charge is 0.187 e. The van der Waals surface area contributed by atoms with Crippen LogP contribution in [0.5, 0.6) is 0 Å². The third-order valence-electron chi connectivity index (χ3n) is 6.05. The van der Waals surface area contributed by atoms with Gasteiger partial charge >= 0.3 is 0 Å². The zero-order valence-corrected chi connectivity index (χ0v) is 17.6. The fourth-order valence-corrected chi connectivity index (χ4v) is 3.98. The summed E-state index contributed by atoms with van der Waals surface area (Å²) in [5, 5.41) is 99.8. The zero-order chi connectivity index (χ0) is 24.6. The van der Waals surface area contributed by atoms with Gasteiger partial charge in [0.25, 0.3) is 0 Å². The van der Waals surface area contributed by atoms with E-state index in [1.54, 1.807) is 0 Å². The summed E-state index contributed by atoms with van der Waals surface area (Å²) < 4.78 is 26.9. The highest BCUT2D eigenvalue weighted by Crippen LogP contribution is 2.32. The number of hydrogen-bond donors (Lipinski definition) is 10. The summed E-state index contributed by atoms with van der Waals surface area (Å²) in [5.74, 6) is 0. The van der Waals surface area contributed by atoms with E-state index < -0.39 is 105 Å². The molecule has 3 saturated heterocycles. The van der Waals surface area contributed by atoms with Crippen LogP contribution in [0.25, 0.3) is 0 Å². The van der Waals surface area contributed by atoms with E-state index in [9.17, 15) is 51.1 Å². The van der Waals surface area contributed by atoms with Crippen LogP contribution in [-0.2, 0) is 23.7 Å². The van der Waals surface area contributed by atoms with Gasteiger partial charge < -0.3 is 74.7 Å². The van der Waals surface area contributed by atoms with Gasteiger partial charge in [0.1, 0.15) is 67.1 Å². The molecule has 0 saturated carbocycles. The van der Waals surface area contributed by atoms with E-state index in [1.807, 2.05) is 0 Å². The largest absolute Gasteiger partial charge is 0.394 e. The van der Waals surface area contributed by atoms with E-state index in [0.717, 1.165) is 0 Å². The van der Waals surface area contributed by atoms with Crippen molar-refractivity contribution >= 4 is 0 Å². The second-order valence-corrected chi connectivity index (χ2v) is 8.32. The molecule has 0 bridgehead atoms. The maximum Gasteiger partial charge on any atom is 0.187 e. The van der Waals surface area contributed by atoms with Gasteiger partial charge in [-0.3, -0.25) is 0 Å². The maximum atomic E-state index is 10.6. The Morgan fingerprint density at radius 1 is 0.545 bits per heavy atom. The Bertz CT molecular complexity index is 624. The van der Waals surface area contributed by atoms with Gasteiger partial charge in [0, 0.05) is 0 Å². The molecule has 15 atom stereocenters. The molecule has 3 aliphatic rings. The first-order valence-electron chi connectivity index (χ1n) is 10.4. The number of hydrogen-bond acceptors (Lipinski definition) is 15. The maximum absolute atomic E-state index is 10.6. The van der Waals surface area contributed by atoms with Gasteiger partial charge in [-0.1, -0.05) is 0 Å². The lowest BCUT2D eigenvalue weighted by molar-refractivity contribution is -0.385. The van der Waals surface area contributed by atoms with Crippen LogP contribution in [0, 0.1) is 0 Å². The summed E-state index contributed by atoms with van der Waals surface area (Å²) in [7, 11) is 0. The number of ether oxygens (including phenoxy) is 5. The molecule has 0 radical (unpaired) electrons. The van der Waals surface area contributed by atoms with Crippen molar-refractivity contribution in [2.24, 2.45) is 0 Å². The van der Waals surface area contributed by atoms with Gasteiger partial charge in [0.2, 0.25) is 0 Å². The normalized spacial score (nSPS) is 53.7. The minimum atomic E-state index is -1.83. The van der Waals surface area contributed by atoms with Crippen LogP contribution in [0.3, 0.4) is 0 Å². The van der Waals surface area contributed by atoms with Crippen LogP contribution >= 0.6 is 0 Å². The molecule has 3 heterocycles. The molecule has 3 aliphatic heterocycles. The molecule has 3 fully saturated rings. The first-order valence-corrected chi connectivity index (χ1v) is 10.4. The van der Waals surface area contributed by atoms with Crippen molar-refractivity contribution in [2.45, 2.75) is 99.0 Å². The van der Waals surface area contributed by atoms with Crippen molar-refractivity contribution in [3.05, 3.63) is 0 Å². The molecule has 10 N–H and O–H groups in total. The van der Waals surface area contributed by atoms with Gasteiger partial charge in [0.15, 0.2) is 18.9 Å². The molecule has 0 aromatic heterocycles. The van der Waals surface area contributed by atoms with Crippen LogP contribution in [0.15, 0.2) is 0 Å². The summed E-state index contributed by atoms with van der Waals surface area (Å²) in [6.07, 6.45) is -24.1. The quantitative estimate of drug-likeness (QED) is 0.167. The predicted octanol–water partition coefficient (Wildman–Crippen LogP) is -6.55. The molecular formula is C18H32O15. The second kappa shape index (κ2) is 11.0. The Balaban J connectivity index is 1.83. The van der Waals surface area contributed by atoms with E-state index in [2.05, 4.69) is 0 Å². The monoisotopic (exact) mass is 488 g/mol. The van der Waals surface area contributed by atoms with E-state index in [4.69, 9.17) is 23.7 Å². The summed E-state index contributed by atoms with van der Waals surface area (Å²) in [6.45, 7) is -0.128. The van der Waals surface area contributed by atoms with Crippen molar-refractivity contribution in [1.82, 2.24) is 0 Å². The van der Waals surface area contributed by atoms with Crippen molar-refractivity contribution < 1.29 is 74.7 Å². The Morgan fingerprint density at radius 2 is 1.12 bits per heavy atom. The van der Waals surface area contributed by atoms with Crippen LogP contribution in [0.1, 0.15) is 6.92 Å². The minimum absolute atomic E-state index is 0.760. The fourth-order valence-electron chi connectivity index (χ4n) is 3.98. The molecule has 0 amide bonds. The lowest BCUT2D eigenvalue weighted by Gasteiger charge is -2.48. The van der Waals surface area contributed by atoms with Gasteiger partial charge in [-0.15, -0.1) is 0 Å². The van der Waals surface area contributed by atoms with Gasteiger partial charge in [-0.05, 0) is 6.92 Å². The van der Waals surface area contributed by atoms with Crippen molar-refractivity contribution in [1.29, 1.82) is 0 Å². The minimum Gasteiger partial charge on any atom is -0.394 e. The van der Waals surface area contributed by atoms with Gasteiger partial charge in [-0.2, -0.15) is 0 Å². The topological polar surface area (TPSA) is 248 Å². The molecule has 0 spiro atoms. The van der Waals surface area contributed by atoms with Crippen molar-refractivity contribution in [3.8, 4) is 0 Å². The van der Waals surface area contributed by atoms with Crippen LogP contribution in [-0.4, -0.2) is 156 Å². The Hall–Kier alpha value is -0.600. The SMILES string of the molecule is CC1O[C@@H](OC2[C@H](O[C@@H]3C(CO)O[C@@H](O)C(O)[C@H]3O)OC(CO)[C@H](O)[C@@H]2O)[C@@H](O)C(O)[C@@H]1O. The third kappa shape index (κ3) is 5.32. The molecule has 0 aromatic rings. The molecule has 6 unspecified atom stereocenters. The molecule has 194 valence electrons. The van der Waals surface area contributed by atoms with E-state index in [-0.39, 0.29) is 0 Å². The summed E-state index contributed by atoms with van der Waals surface area (Å²) in [5.41, 5.74) is 0. The van der Waals surface area contributed by atoms with Gasteiger partial charge in [0.05, 0.1) is 19.3 Å². The van der Waals surface area contributed by atoms with Crippen molar-refractivity contribution in [2.75, 3.05) is 13.2 Å². The van der Waals surface area contributed by atoms with E-state index in [1.165, 1.54) is 6.92 Å². The lowest BCUT2D eigenvalue weighted by atomic mass is 9.96. The number of aliphatic hydroxyl groups excluding tert-OH is 10. The predicted molar refractivity (Wildman–Crippen MR) is 99.8 cm³/mol. The third-order valence-corrected chi connectivity index (χ3v) is 6.05. The van der Waals surface area contributed by atoms with Crippen LogP contribution in [0.4, 0.5) is 0 Å². The zero-order valence-electron chi connectivity index (χ0n) is 17.6. The van der Waals surface area contributed by atoms with E-state index >= 15 is 0 Å². The van der Waals surface area contributed by atoms with Crippen LogP contribution in [0.2, 0.25) is 0 Å². The van der Waals surface area contributed by atoms with Crippen LogP contribution < -0.4 is 0 Å². The Morgan fingerprint density at radius 3 is 1.73 bits per heavy atom. The molecule has 0 aromatic carbocycles. The highest BCUT2D eigenvalue weighted by Gasteiger charge is 2.53. The fraction of sp³-hybridized carbons (Fsp3) is 1.00. The average molecular weight is 488 g/mol. The number of aliphatic hydroxyl groups is 10. The average Bonchev–Trinajstić information content (AvgIpc) is 2.80. The second-order valence-electron chi connectivity index (χ2n) is 8.32. The first kappa shape index (κ1) is 27.0. The molecule has 3 rings (SSSR count). The summed E-state index contributed by atoms with van der Waals surface area (Å²) in [4.78, 5) is 0. The first-order chi connectivity index (χ1) is 15.5. The molecule has 15 nitrogen and oxygen atoms in total.